The Bertz CT molecular complexity index is 1190. The lowest BCUT2D eigenvalue weighted by atomic mass is 9.91. The van der Waals surface area contributed by atoms with Gasteiger partial charge in [0.15, 0.2) is 0 Å². The first kappa shape index (κ1) is 23.1. The first-order chi connectivity index (χ1) is 16.9. The highest BCUT2D eigenvalue weighted by Gasteiger charge is 2.56. The molecule has 2 fully saturated rings. The predicted octanol–water partition coefficient (Wildman–Crippen LogP) is 2.62. The van der Waals surface area contributed by atoms with Gasteiger partial charge in [-0.3, -0.25) is 15.2 Å². The van der Waals surface area contributed by atoms with Crippen LogP contribution in [-0.2, 0) is 0 Å². The van der Waals surface area contributed by atoms with Crippen LogP contribution < -0.4 is 22.1 Å². The molecule has 0 bridgehead atoms. The third-order valence-corrected chi connectivity index (χ3v) is 7.53. The summed E-state index contributed by atoms with van der Waals surface area (Å²) in [6.07, 6.45) is 4.42. The lowest BCUT2D eigenvalue weighted by Gasteiger charge is -2.39. The number of anilines is 1. The van der Waals surface area contributed by atoms with Gasteiger partial charge in [0.05, 0.1) is 11.7 Å². The van der Waals surface area contributed by atoms with Gasteiger partial charge in [0.2, 0.25) is 0 Å². The quantitative estimate of drug-likeness (QED) is 0.326. The molecule has 1 saturated heterocycles. The topological polar surface area (TPSA) is 133 Å². The number of carbonyl (C=O) groups excluding carboxylic acids is 1. The number of dihydropyridines is 1. The minimum Gasteiger partial charge on any atom is -0.384 e. The zero-order valence-corrected chi connectivity index (χ0v) is 20.0. The van der Waals surface area contributed by atoms with Crippen molar-refractivity contribution >= 4 is 23.6 Å². The highest BCUT2D eigenvalue weighted by Crippen LogP contribution is 2.53. The van der Waals surface area contributed by atoms with Gasteiger partial charge < -0.3 is 27.0 Å². The first-order valence-corrected chi connectivity index (χ1v) is 12.2. The van der Waals surface area contributed by atoms with Crippen molar-refractivity contribution in [3.63, 3.8) is 0 Å². The number of allylic oxidation sites excluding steroid dienone is 1. The molecule has 1 spiro atoms. The summed E-state index contributed by atoms with van der Waals surface area (Å²) in [5, 5.41) is 14.9. The number of likely N-dealkylation sites (tertiary alicyclic amines) is 1. The largest absolute Gasteiger partial charge is 0.384 e. The minimum atomic E-state index is -0.544. The van der Waals surface area contributed by atoms with Crippen molar-refractivity contribution in [2.45, 2.75) is 44.4 Å². The van der Waals surface area contributed by atoms with Gasteiger partial charge in [0.1, 0.15) is 12.0 Å². The zero-order valence-electron chi connectivity index (χ0n) is 20.0. The smallest absolute Gasteiger partial charge is 0.251 e. The van der Waals surface area contributed by atoms with E-state index in [0.29, 0.717) is 11.1 Å². The molecule has 2 aromatic carbocycles. The number of amides is 1. The number of aryl methyl sites for hydroxylation is 1. The van der Waals surface area contributed by atoms with E-state index in [4.69, 9.17) is 21.9 Å². The van der Waals surface area contributed by atoms with Crippen molar-refractivity contribution in [2.75, 3.05) is 18.4 Å². The number of nitrogens with one attached hydrogen (secondary N) is 3. The van der Waals surface area contributed by atoms with E-state index in [1.807, 2.05) is 67.7 Å². The summed E-state index contributed by atoms with van der Waals surface area (Å²) < 4.78 is 0. The van der Waals surface area contributed by atoms with Crippen LogP contribution in [0, 0.1) is 17.7 Å². The van der Waals surface area contributed by atoms with E-state index in [0.717, 1.165) is 49.3 Å². The molecule has 2 aromatic rings. The number of amidine groups is 1. The summed E-state index contributed by atoms with van der Waals surface area (Å²) in [5.74, 6) is -0.0563. The number of rotatable bonds is 6. The van der Waals surface area contributed by atoms with E-state index >= 15 is 0 Å². The average Bonchev–Trinajstić information content (AvgIpc) is 3.51. The van der Waals surface area contributed by atoms with Gasteiger partial charge >= 0.3 is 0 Å². The zero-order chi connectivity index (χ0) is 24.6. The molecule has 8 heteroatoms. The van der Waals surface area contributed by atoms with Crippen molar-refractivity contribution in [3.8, 4) is 0 Å². The third-order valence-electron chi connectivity index (χ3n) is 7.53. The SMILES string of the molecule is Cc1ccccc1NC1N=CC(N2CCC[C@@]3(CC3NC(=O)c3ccccc3)C2)=C(C(=N)N)C1N. The summed E-state index contributed by atoms with van der Waals surface area (Å²) in [4.78, 5) is 19.7. The lowest BCUT2D eigenvalue weighted by molar-refractivity contribution is 0.0937. The Balaban J connectivity index is 1.31. The molecular weight excluding hydrogens is 438 g/mol. The van der Waals surface area contributed by atoms with Gasteiger partial charge in [-0.25, -0.2) is 0 Å². The van der Waals surface area contributed by atoms with Crippen LogP contribution in [0.3, 0.4) is 0 Å². The van der Waals surface area contributed by atoms with Crippen LogP contribution in [-0.4, -0.2) is 54.2 Å². The normalized spacial score (nSPS) is 27.6. The fourth-order valence-corrected chi connectivity index (χ4v) is 5.43. The number of nitrogens with two attached hydrogens (primary N) is 2. The number of benzene rings is 2. The highest BCUT2D eigenvalue weighted by atomic mass is 16.1. The maximum absolute atomic E-state index is 12.7. The molecule has 35 heavy (non-hydrogen) atoms. The molecule has 1 amide bonds. The number of piperidine rings is 1. The fourth-order valence-electron chi connectivity index (χ4n) is 5.43. The van der Waals surface area contributed by atoms with Crippen LogP contribution in [0.4, 0.5) is 5.69 Å². The lowest BCUT2D eigenvalue weighted by Crippen LogP contribution is -2.50. The van der Waals surface area contributed by atoms with E-state index in [1.165, 1.54) is 0 Å². The Morgan fingerprint density at radius 3 is 2.66 bits per heavy atom. The number of carbonyl (C=O) groups is 1. The maximum Gasteiger partial charge on any atom is 0.251 e. The van der Waals surface area contributed by atoms with Crippen LogP contribution in [0.5, 0.6) is 0 Å². The molecule has 1 aliphatic carbocycles. The summed E-state index contributed by atoms with van der Waals surface area (Å²) in [7, 11) is 0. The second-order valence-corrected chi connectivity index (χ2v) is 9.90. The number of hydrogen-bond acceptors (Lipinski definition) is 6. The monoisotopic (exact) mass is 471 g/mol. The van der Waals surface area contributed by atoms with E-state index in [1.54, 1.807) is 0 Å². The van der Waals surface area contributed by atoms with Crippen LogP contribution in [0.2, 0.25) is 0 Å². The third kappa shape index (κ3) is 4.53. The first-order valence-electron chi connectivity index (χ1n) is 12.2. The molecule has 8 nitrogen and oxygen atoms in total. The molecule has 1 saturated carbocycles. The van der Waals surface area contributed by atoms with Gasteiger partial charge in [-0.15, -0.1) is 0 Å². The minimum absolute atomic E-state index is 0.0281. The van der Waals surface area contributed by atoms with Crippen molar-refractivity contribution in [1.82, 2.24) is 10.2 Å². The molecule has 2 heterocycles. The average molecular weight is 472 g/mol. The fraction of sp³-hybridized carbons (Fsp3) is 0.370. The maximum atomic E-state index is 12.7. The Morgan fingerprint density at radius 2 is 1.91 bits per heavy atom. The van der Waals surface area contributed by atoms with Crippen LogP contribution in [0.15, 0.2) is 70.9 Å². The molecule has 0 radical (unpaired) electrons. The Morgan fingerprint density at radius 1 is 1.17 bits per heavy atom. The standard InChI is InChI=1S/C27H33N7O/c1-17-8-5-6-11-19(17)32-25-23(28)22(24(29)30)20(15-31-25)34-13-7-12-27(16-34)14-21(27)33-26(35)18-9-3-2-4-10-18/h2-6,8-11,15,21,23,25,32H,7,12-14,16,28H2,1H3,(H3,29,30)(H,33,35)/t21?,23?,25?,27-/m1/s1. The summed E-state index contributed by atoms with van der Waals surface area (Å²) in [6, 6.07) is 16.9. The van der Waals surface area contributed by atoms with Crippen molar-refractivity contribution in [2.24, 2.45) is 21.9 Å². The van der Waals surface area contributed by atoms with E-state index < -0.39 is 12.2 Å². The van der Waals surface area contributed by atoms with Gasteiger partial charge in [0, 0.05) is 47.6 Å². The number of para-hydroxylation sites is 1. The van der Waals surface area contributed by atoms with Crippen LogP contribution >= 0.6 is 0 Å². The Kier molecular flexibility index (Phi) is 6.06. The van der Waals surface area contributed by atoms with E-state index in [2.05, 4.69) is 15.5 Å². The summed E-state index contributed by atoms with van der Waals surface area (Å²) >= 11 is 0. The van der Waals surface area contributed by atoms with Crippen molar-refractivity contribution in [3.05, 3.63) is 77.0 Å². The molecule has 3 aliphatic rings. The highest BCUT2D eigenvalue weighted by molar-refractivity contribution is 6.02. The second-order valence-electron chi connectivity index (χ2n) is 9.90. The van der Waals surface area contributed by atoms with Gasteiger partial charge in [-0.05, 0) is 49.9 Å². The summed E-state index contributed by atoms with van der Waals surface area (Å²) in [5.41, 5.74) is 16.9. The van der Waals surface area contributed by atoms with E-state index in [9.17, 15) is 4.79 Å². The van der Waals surface area contributed by atoms with Crippen molar-refractivity contribution < 1.29 is 4.79 Å². The van der Waals surface area contributed by atoms with Gasteiger partial charge in [0.25, 0.3) is 5.91 Å². The molecule has 5 rings (SSSR count). The van der Waals surface area contributed by atoms with Gasteiger partial charge in [-0.1, -0.05) is 36.4 Å². The van der Waals surface area contributed by atoms with Gasteiger partial charge in [-0.2, -0.15) is 0 Å². The molecule has 2 aliphatic heterocycles. The van der Waals surface area contributed by atoms with Crippen LogP contribution in [0.25, 0.3) is 0 Å². The molecule has 182 valence electrons. The Hall–Kier alpha value is -3.65. The number of aliphatic imine (C=N–C) groups is 1. The molecule has 0 aromatic heterocycles. The molecular formula is C27H33N7O. The Labute approximate surface area is 206 Å². The molecule has 7 N–H and O–H groups in total. The molecule has 3 unspecified atom stereocenters. The van der Waals surface area contributed by atoms with Crippen molar-refractivity contribution in [1.29, 1.82) is 5.41 Å². The predicted molar refractivity (Wildman–Crippen MR) is 140 cm³/mol. The summed E-state index contributed by atoms with van der Waals surface area (Å²) in [6.45, 7) is 3.67. The number of hydrogen-bond donors (Lipinski definition) is 5. The van der Waals surface area contributed by atoms with Crippen LogP contribution in [0.1, 0.15) is 35.2 Å². The van der Waals surface area contributed by atoms with E-state index in [-0.39, 0.29) is 23.2 Å². The second kappa shape index (κ2) is 9.19. The molecule has 4 atom stereocenters. The number of nitrogens with zero attached hydrogens (tertiary/aromatic N) is 2.